The van der Waals surface area contributed by atoms with Crippen LogP contribution in [0.25, 0.3) is 22.3 Å². The van der Waals surface area contributed by atoms with Crippen molar-refractivity contribution in [1.82, 2.24) is 9.97 Å². The highest BCUT2D eigenvalue weighted by molar-refractivity contribution is 6.34. The molecule has 0 saturated carbocycles. The first-order chi connectivity index (χ1) is 9.95. The molecule has 3 rings (SSSR count). The summed E-state index contributed by atoms with van der Waals surface area (Å²) in [5, 5.41) is 1.46. The molecule has 0 spiro atoms. The second-order valence-corrected chi connectivity index (χ2v) is 5.99. The molecule has 0 aliphatic heterocycles. The zero-order chi connectivity index (χ0) is 15.1. The third-order valence-corrected chi connectivity index (χ3v) is 3.99. The molecule has 1 heterocycles. The summed E-state index contributed by atoms with van der Waals surface area (Å²) >= 11 is 6.40. The summed E-state index contributed by atoms with van der Waals surface area (Å²) in [6.45, 7) is 8.27. The minimum atomic E-state index is 0.521. The molecule has 0 fully saturated rings. The Kier molecular flexibility index (Phi) is 3.42. The van der Waals surface area contributed by atoms with Crippen LogP contribution in [-0.2, 0) is 0 Å². The highest BCUT2D eigenvalue weighted by Crippen LogP contribution is 2.29. The zero-order valence-corrected chi connectivity index (χ0v) is 13.4. The second-order valence-electron chi connectivity index (χ2n) is 5.63. The van der Waals surface area contributed by atoms with E-state index < -0.39 is 0 Å². The first-order valence-corrected chi connectivity index (χ1v) is 7.35. The van der Waals surface area contributed by atoms with Gasteiger partial charge in [0.25, 0.3) is 0 Å². The number of nitrogens with zero attached hydrogens (tertiary/aromatic N) is 2. The number of halogens is 1. The molecule has 0 saturated heterocycles. The highest BCUT2D eigenvalue weighted by Gasteiger charge is 2.12. The first kappa shape index (κ1) is 14.0. The number of benzene rings is 2. The van der Waals surface area contributed by atoms with Gasteiger partial charge in [-0.05, 0) is 50.5 Å². The fraction of sp³-hybridized carbons (Fsp3) is 0.222. The van der Waals surface area contributed by atoms with E-state index in [4.69, 9.17) is 16.6 Å². The Morgan fingerprint density at radius 3 is 2.24 bits per heavy atom. The maximum Gasteiger partial charge on any atom is 0.161 e. The predicted molar refractivity (Wildman–Crippen MR) is 88.9 cm³/mol. The quantitative estimate of drug-likeness (QED) is 0.578. The summed E-state index contributed by atoms with van der Waals surface area (Å²) in [4.78, 5) is 9.23. The molecule has 0 aliphatic rings. The molecule has 0 aliphatic carbocycles. The monoisotopic (exact) mass is 296 g/mol. The standard InChI is InChI=1S/C18H17ClN2/c1-10-5-6-14(12(3)7-10)18-20-15-9-11(2)8-13(4)16(15)17(19)21-18/h5-9H,1-4H3. The molecule has 21 heavy (non-hydrogen) atoms. The number of aromatic nitrogens is 2. The topological polar surface area (TPSA) is 25.8 Å². The lowest BCUT2D eigenvalue weighted by Crippen LogP contribution is -1.96. The molecule has 2 aromatic carbocycles. The van der Waals surface area contributed by atoms with Crippen molar-refractivity contribution >= 4 is 22.5 Å². The van der Waals surface area contributed by atoms with Gasteiger partial charge in [-0.1, -0.05) is 41.4 Å². The number of aryl methyl sites for hydroxylation is 4. The number of hydrogen-bond acceptors (Lipinski definition) is 2. The van der Waals surface area contributed by atoms with Gasteiger partial charge in [0.2, 0.25) is 0 Å². The van der Waals surface area contributed by atoms with Gasteiger partial charge in [-0.25, -0.2) is 9.97 Å². The van der Waals surface area contributed by atoms with Crippen LogP contribution in [0.15, 0.2) is 30.3 Å². The van der Waals surface area contributed by atoms with Crippen LogP contribution in [-0.4, -0.2) is 9.97 Å². The Morgan fingerprint density at radius 2 is 1.52 bits per heavy atom. The van der Waals surface area contributed by atoms with Crippen LogP contribution in [0.2, 0.25) is 5.15 Å². The Morgan fingerprint density at radius 1 is 0.810 bits per heavy atom. The lowest BCUT2D eigenvalue weighted by molar-refractivity contribution is 1.20. The van der Waals surface area contributed by atoms with Gasteiger partial charge in [-0.3, -0.25) is 0 Å². The summed E-state index contributed by atoms with van der Waals surface area (Å²) in [5.41, 5.74) is 6.62. The van der Waals surface area contributed by atoms with Gasteiger partial charge in [-0.15, -0.1) is 0 Å². The van der Waals surface area contributed by atoms with E-state index in [-0.39, 0.29) is 0 Å². The third-order valence-electron chi connectivity index (χ3n) is 3.72. The van der Waals surface area contributed by atoms with Crippen molar-refractivity contribution in [3.63, 3.8) is 0 Å². The van der Waals surface area contributed by atoms with E-state index in [1.165, 1.54) is 11.1 Å². The van der Waals surface area contributed by atoms with Crippen LogP contribution in [0.4, 0.5) is 0 Å². The molecule has 1 aromatic heterocycles. The van der Waals surface area contributed by atoms with Crippen LogP contribution >= 0.6 is 11.6 Å². The van der Waals surface area contributed by atoms with Crippen molar-refractivity contribution in [2.45, 2.75) is 27.7 Å². The Balaban J connectivity index is 2.30. The Bertz CT molecular complexity index is 853. The largest absolute Gasteiger partial charge is 0.228 e. The maximum atomic E-state index is 6.40. The third kappa shape index (κ3) is 2.52. The molecule has 0 radical (unpaired) electrons. The van der Waals surface area contributed by atoms with Crippen LogP contribution in [0.3, 0.4) is 0 Å². The fourth-order valence-electron chi connectivity index (χ4n) is 2.77. The maximum absolute atomic E-state index is 6.40. The normalized spacial score (nSPS) is 11.1. The lowest BCUT2D eigenvalue weighted by atomic mass is 10.0. The van der Waals surface area contributed by atoms with E-state index >= 15 is 0 Å². The molecule has 0 N–H and O–H groups in total. The van der Waals surface area contributed by atoms with Crippen LogP contribution < -0.4 is 0 Å². The SMILES string of the molecule is Cc1ccc(-c2nc(Cl)c3c(C)cc(C)cc3n2)c(C)c1. The molecule has 2 nitrogen and oxygen atoms in total. The lowest BCUT2D eigenvalue weighted by Gasteiger charge is -2.10. The molecular formula is C18H17ClN2. The van der Waals surface area contributed by atoms with Crippen molar-refractivity contribution in [2.75, 3.05) is 0 Å². The second kappa shape index (κ2) is 5.12. The summed E-state index contributed by atoms with van der Waals surface area (Å²) < 4.78 is 0. The van der Waals surface area contributed by atoms with Gasteiger partial charge >= 0.3 is 0 Å². The van der Waals surface area contributed by atoms with Gasteiger partial charge in [0, 0.05) is 10.9 Å². The molecule has 3 heteroatoms. The summed E-state index contributed by atoms with van der Waals surface area (Å²) in [6, 6.07) is 10.4. The molecule has 0 atom stereocenters. The molecule has 0 unspecified atom stereocenters. The van der Waals surface area contributed by atoms with E-state index in [1.54, 1.807) is 0 Å². The molecule has 106 valence electrons. The molecule has 0 bridgehead atoms. The van der Waals surface area contributed by atoms with Gasteiger partial charge in [0.15, 0.2) is 5.82 Å². The van der Waals surface area contributed by atoms with Crippen molar-refractivity contribution in [3.05, 3.63) is 57.7 Å². The smallest absolute Gasteiger partial charge is 0.161 e. The van der Waals surface area contributed by atoms with E-state index in [1.807, 2.05) is 6.92 Å². The van der Waals surface area contributed by atoms with E-state index in [2.05, 4.69) is 56.1 Å². The fourth-order valence-corrected chi connectivity index (χ4v) is 3.10. The average Bonchev–Trinajstić information content (AvgIpc) is 2.36. The Hall–Kier alpha value is -1.93. The van der Waals surface area contributed by atoms with E-state index in [0.29, 0.717) is 11.0 Å². The van der Waals surface area contributed by atoms with Gasteiger partial charge in [0.05, 0.1) is 5.52 Å². The number of fused-ring (bicyclic) bond motifs is 1. The molecule has 0 amide bonds. The van der Waals surface area contributed by atoms with Gasteiger partial charge < -0.3 is 0 Å². The van der Waals surface area contributed by atoms with Crippen LogP contribution in [0, 0.1) is 27.7 Å². The predicted octanol–water partition coefficient (Wildman–Crippen LogP) is 5.18. The molecule has 3 aromatic rings. The van der Waals surface area contributed by atoms with Crippen molar-refractivity contribution in [1.29, 1.82) is 0 Å². The minimum absolute atomic E-state index is 0.521. The van der Waals surface area contributed by atoms with Crippen LogP contribution in [0.5, 0.6) is 0 Å². The van der Waals surface area contributed by atoms with E-state index in [0.717, 1.165) is 27.6 Å². The van der Waals surface area contributed by atoms with Crippen molar-refractivity contribution in [2.24, 2.45) is 0 Å². The van der Waals surface area contributed by atoms with E-state index in [9.17, 15) is 0 Å². The van der Waals surface area contributed by atoms with Gasteiger partial charge in [-0.2, -0.15) is 0 Å². The zero-order valence-electron chi connectivity index (χ0n) is 12.7. The van der Waals surface area contributed by atoms with Crippen molar-refractivity contribution in [3.8, 4) is 11.4 Å². The highest BCUT2D eigenvalue weighted by atomic mass is 35.5. The first-order valence-electron chi connectivity index (χ1n) is 6.98. The summed E-state index contributed by atoms with van der Waals surface area (Å²) in [5.74, 6) is 0.690. The molecular weight excluding hydrogens is 280 g/mol. The van der Waals surface area contributed by atoms with Gasteiger partial charge in [0.1, 0.15) is 5.15 Å². The number of hydrogen-bond donors (Lipinski definition) is 0. The summed E-state index contributed by atoms with van der Waals surface area (Å²) in [6.07, 6.45) is 0. The Labute approximate surface area is 129 Å². The minimum Gasteiger partial charge on any atom is -0.228 e. The van der Waals surface area contributed by atoms with Crippen LogP contribution in [0.1, 0.15) is 22.3 Å². The average molecular weight is 297 g/mol. The summed E-state index contributed by atoms with van der Waals surface area (Å²) in [7, 11) is 0. The van der Waals surface area contributed by atoms with Crippen molar-refractivity contribution < 1.29 is 0 Å². The number of rotatable bonds is 1.